The molecular weight excluding hydrogens is 849 g/mol. The summed E-state index contributed by atoms with van der Waals surface area (Å²) in [6, 6.07) is 3.00. The Balaban J connectivity index is 1.47. The number of rotatable bonds is 11. The second kappa shape index (κ2) is 21.2. The van der Waals surface area contributed by atoms with Crippen LogP contribution in [0, 0.1) is 40.5 Å². The van der Waals surface area contributed by atoms with Crippen LogP contribution in [0.25, 0.3) is 21.7 Å². The number of imidazole rings is 1. The molecular formula is C46H60N12O6S. The number of nitrogens with zero attached hydrogens (tertiary/aromatic N) is 3. The summed E-state index contributed by atoms with van der Waals surface area (Å²) in [6.45, 7) is 11.4. The summed E-state index contributed by atoms with van der Waals surface area (Å²) in [5, 5.41) is 9.49. The average molecular weight is 909 g/mol. The molecule has 0 radical (unpaired) electrons. The highest BCUT2D eigenvalue weighted by Gasteiger charge is 2.35. The summed E-state index contributed by atoms with van der Waals surface area (Å²) < 4.78 is 2.02. The Morgan fingerprint density at radius 1 is 0.877 bits per heavy atom. The summed E-state index contributed by atoms with van der Waals surface area (Å²) in [7, 11) is 0. The number of aromatic nitrogens is 4. The van der Waals surface area contributed by atoms with Crippen molar-refractivity contribution in [1.82, 2.24) is 41.0 Å². The van der Waals surface area contributed by atoms with Crippen molar-refractivity contribution < 1.29 is 28.8 Å². The number of para-hydroxylation sites is 1. The van der Waals surface area contributed by atoms with E-state index in [0.29, 0.717) is 5.69 Å². The van der Waals surface area contributed by atoms with E-state index in [1.54, 1.807) is 12.4 Å². The molecule has 65 heavy (non-hydrogen) atoms. The van der Waals surface area contributed by atoms with E-state index in [1.807, 2.05) is 42.7 Å². The molecule has 18 nitrogen and oxygen atoms in total. The molecule has 12 N–H and O–H groups in total. The number of carbonyl (C=O) groups excluding carboxylic acids is 6. The van der Waals surface area contributed by atoms with E-state index >= 15 is 0 Å². The average Bonchev–Trinajstić information content (AvgIpc) is 4.00. The van der Waals surface area contributed by atoms with Crippen molar-refractivity contribution in [2.45, 2.75) is 109 Å². The smallest absolute Gasteiger partial charge is 0.236 e. The number of hydrogen-bond acceptors (Lipinski definition) is 12. The summed E-state index contributed by atoms with van der Waals surface area (Å²) in [6.07, 6.45) is 5.08. The summed E-state index contributed by atoms with van der Waals surface area (Å²) >= 11 is 1.35. The molecule has 5 aromatic rings. The van der Waals surface area contributed by atoms with Crippen LogP contribution in [0.1, 0.15) is 65.4 Å². The van der Waals surface area contributed by atoms with Crippen LogP contribution >= 0.6 is 11.8 Å². The fraction of sp³-hybridized carbons (Fsp3) is 0.435. The second-order valence-electron chi connectivity index (χ2n) is 16.9. The third-order valence-corrected chi connectivity index (χ3v) is 13.7. The molecule has 6 rings (SSSR count). The van der Waals surface area contributed by atoms with Gasteiger partial charge in [-0.05, 0) is 94.7 Å². The molecule has 1 aliphatic rings. The van der Waals surface area contributed by atoms with Crippen LogP contribution in [-0.4, -0.2) is 103 Å². The molecule has 19 heteroatoms. The number of aryl methyl sites for hydroxylation is 3. The van der Waals surface area contributed by atoms with Gasteiger partial charge in [-0.3, -0.25) is 29.0 Å². The Morgan fingerprint density at radius 2 is 1.58 bits per heavy atom. The monoisotopic (exact) mass is 908 g/mol. The highest BCUT2D eigenvalue weighted by atomic mass is 32.2. The van der Waals surface area contributed by atoms with Gasteiger partial charge >= 0.3 is 0 Å². The predicted octanol–water partition coefficient (Wildman–Crippen LogP) is 2.09. The molecule has 0 aliphatic carbocycles. The van der Waals surface area contributed by atoms with Crippen molar-refractivity contribution in [3.05, 3.63) is 82.2 Å². The summed E-state index contributed by atoms with van der Waals surface area (Å²) in [5.74, 6) is -4.55. The summed E-state index contributed by atoms with van der Waals surface area (Å²) in [5.41, 5.74) is 30.5. The lowest BCUT2D eigenvalue weighted by atomic mass is 9.93. The van der Waals surface area contributed by atoms with Crippen LogP contribution in [0.15, 0.2) is 53.0 Å². The van der Waals surface area contributed by atoms with Gasteiger partial charge in [-0.25, -0.2) is 15.8 Å². The maximum atomic E-state index is 14.6. The Bertz CT molecular complexity index is 2630. The van der Waals surface area contributed by atoms with Gasteiger partial charge in [-0.2, -0.15) is 0 Å². The molecule has 3 aromatic heterocycles. The number of fused-ring (bicyclic) bond motifs is 4. The van der Waals surface area contributed by atoms with Crippen LogP contribution in [0.2, 0.25) is 0 Å². The number of hydrogen-bond donors (Lipinski definition) is 9. The Hall–Kier alpha value is -6.15. The van der Waals surface area contributed by atoms with Gasteiger partial charge in [0.25, 0.3) is 0 Å². The number of H-pyrrole nitrogens is 2. The van der Waals surface area contributed by atoms with E-state index in [-0.39, 0.29) is 62.7 Å². The number of aliphatic imine (C=N–C) groups is 1. The van der Waals surface area contributed by atoms with Crippen molar-refractivity contribution in [3.8, 4) is 0 Å². The van der Waals surface area contributed by atoms with Gasteiger partial charge < -0.3 is 47.2 Å². The van der Waals surface area contributed by atoms with Gasteiger partial charge in [0.1, 0.15) is 11.8 Å². The number of hydrazine groups is 1. The molecule has 0 bridgehead atoms. The maximum Gasteiger partial charge on any atom is 0.236 e. The van der Waals surface area contributed by atoms with E-state index in [4.69, 9.17) is 17.2 Å². The van der Waals surface area contributed by atoms with Crippen molar-refractivity contribution in [2.24, 2.45) is 28.1 Å². The van der Waals surface area contributed by atoms with Crippen LogP contribution in [-0.2, 0) is 48.2 Å². The van der Waals surface area contributed by atoms with Gasteiger partial charge in [-0.1, -0.05) is 18.2 Å². The summed E-state index contributed by atoms with van der Waals surface area (Å²) in [4.78, 5) is 98.4. The maximum absolute atomic E-state index is 14.6. The number of ketones is 4. The molecule has 0 saturated heterocycles. The third kappa shape index (κ3) is 11.2. The highest BCUT2D eigenvalue weighted by Crippen LogP contribution is 2.41. The van der Waals surface area contributed by atoms with Crippen LogP contribution in [0.3, 0.4) is 0 Å². The topological polar surface area (TPSA) is 290 Å². The fourth-order valence-electron chi connectivity index (χ4n) is 8.59. The number of nitrogens with one attached hydrogen (secondary N) is 6. The first-order chi connectivity index (χ1) is 31.0. The minimum atomic E-state index is -1.20. The number of aromatic amines is 2. The number of nitrogens with two attached hydrogens (primary N) is 3. The van der Waals surface area contributed by atoms with Crippen LogP contribution in [0.5, 0.6) is 0 Å². The van der Waals surface area contributed by atoms with Crippen molar-refractivity contribution in [1.29, 1.82) is 0 Å². The molecule has 0 spiro atoms. The van der Waals surface area contributed by atoms with Crippen molar-refractivity contribution in [2.75, 3.05) is 18.8 Å². The Morgan fingerprint density at radius 3 is 2.26 bits per heavy atom. The number of primary amides is 1. The number of amides is 2. The van der Waals surface area contributed by atoms with Gasteiger partial charge in [0.2, 0.25) is 23.4 Å². The molecule has 2 aromatic carbocycles. The minimum Gasteiger partial charge on any atom is -0.370 e. The van der Waals surface area contributed by atoms with E-state index in [9.17, 15) is 28.8 Å². The fourth-order valence-corrected chi connectivity index (χ4v) is 9.93. The zero-order chi connectivity index (χ0) is 47.1. The van der Waals surface area contributed by atoms with E-state index < -0.39 is 65.8 Å². The SMILES string of the molecule is CC(=O)CC1Cn2c(C)c3c(C)c(C)c(C)c(C)c3c2SCC(C(N)=O)NN[C@@H](Cc2c[nH]c3ccccc23)C(=O)C(=O)[C@H](CCCN=C(N)N)NCC(=O)[C@H](Cc2cnc[nH]2)NC1=O. The number of Topliss-reactive ketones (excluding diaryl/α,β-unsaturated/α-hetero) is 4. The normalized spacial score (nSPS) is 20.8. The lowest BCUT2D eigenvalue weighted by molar-refractivity contribution is -0.139. The Kier molecular flexibility index (Phi) is 15.8. The molecule has 2 unspecified atom stereocenters. The molecule has 346 valence electrons. The molecule has 0 fully saturated rings. The van der Waals surface area contributed by atoms with Crippen LogP contribution in [0.4, 0.5) is 0 Å². The molecule has 1 aliphatic heterocycles. The standard InChI is InChI=1S/C46H60N12O6S/c1-23(59)14-30-20-58-28(6)39-26(4)24(2)25(3)27(5)40(39)45(58)65-21-37(43(47)63)57-56-36(15-29-17-52-33-11-8-7-10-32(29)33)42(62)41(61)34(12-9-13-51-46(48)49)53-19-38(60)35(55-44(30)64)16-31-18-50-22-54-31/h7-8,10-11,17-18,22,30,34-37,52-53,56-57H,9,12-16,19-21H2,1-6H3,(H2,47,63)(H,50,54)(H,55,64)(H4,48,49,51)/t30?,34-,35-,36-,37?/m0/s1. The highest BCUT2D eigenvalue weighted by molar-refractivity contribution is 7.99. The van der Waals surface area contributed by atoms with E-state index in [1.165, 1.54) is 25.0 Å². The first kappa shape index (κ1) is 48.3. The molecule has 4 heterocycles. The van der Waals surface area contributed by atoms with E-state index in [2.05, 4.69) is 62.2 Å². The zero-order valence-electron chi connectivity index (χ0n) is 37.7. The molecule has 0 saturated carbocycles. The van der Waals surface area contributed by atoms with Crippen molar-refractivity contribution in [3.63, 3.8) is 0 Å². The molecule has 2 amide bonds. The predicted molar refractivity (Wildman–Crippen MR) is 251 cm³/mol. The van der Waals surface area contributed by atoms with Gasteiger partial charge in [0.05, 0.1) is 41.9 Å². The van der Waals surface area contributed by atoms with Crippen molar-refractivity contribution >= 4 is 74.3 Å². The lowest BCUT2D eigenvalue weighted by Gasteiger charge is -2.24. The zero-order valence-corrected chi connectivity index (χ0v) is 38.5. The molecule has 5 atom stereocenters. The van der Waals surface area contributed by atoms with Crippen LogP contribution < -0.4 is 38.7 Å². The van der Waals surface area contributed by atoms with Gasteiger partial charge in [0, 0.05) is 77.1 Å². The lowest BCUT2D eigenvalue weighted by Crippen LogP contribution is -2.58. The number of guanidine groups is 1. The number of benzene rings is 2. The largest absolute Gasteiger partial charge is 0.370 e. The second-order valence-corrected chi connectivity index (χ2v) is 18.0. The number of thioether (sulfide) groups is 1. The Labute approximate surface area is 381 Å². The quantitative estimate of drug-likeness (QED) is 0.0398. The first-order valence-electron chi connectivity index (χ1n) is 21.7. The van der Waals surface area contributed by atoms with Gasteiger partial charge in [0.15, 0.2) is 11.7 Å². The van der Waals surface area contributed by atoms with Gasteiger partial charge in [-0.15, -0.1) is 11.8 Å². The first-order valence-corrected chi connectivity index (χ1v) is 22.7. The number of carbonyl (C=O) groups is 6. The minimum absolute atomic E-state index is 0.0301. The van der Waals surface area contributed by atoms with E-state index in [0.717, 1.165) is 60.2 Å². The third-order valence-electron chi connectivity index (χ3n) is 12.5.